The van der Waals surface area contributed by atoms with Gasteiger partial charge >= 0.3 is 5.97 Å². The maximum Gasteiger partial charge on any atom is 0.310 e. The molecule has 1 heterocycles. The maximum atomic E-state index is 12.7. The Morgan fingerprint density at radius 2 is 2.31 bits per heavy atom. The predicted octanol–water partition coefficient (Wildman–Crippen LogP) is 3.15. The van der Waals surface area contributed by atoms with Gasteiger partial charge in [0.1, 0.15) is 9.76 Å². The van der Waals surface area contributed by atoms with E-state index in [4.69, 9.17) is 11.6 Å². The molecule has 16 heavy (non-hydrogen) atoms. The molecule has 88 valence electrons. The van der Waals surface area contributed by atoms with Gasteiger partial charge in [0.2, 0.25) is 0 Å². The van der Waals surface area contributed by atoms with Crippen LogP contribution in [0, 0.1) is 0 Å². The van der Waals surface area contributed by atoms with E-state index >= 15 is 0 Å². The highest BCUT2D eigenvalue weighted by molar-refractivity contribution is 9.10. The highest BCUT2D eigenvalue weighted by atomic mass is 79.9. The number of ether oxygens (including phenoxy) is 1. The lowest BCUT2D eigenvalue weighted by Crippen LogP contribution is -2.09. The number of rotatable bonds is 3. The summed E-state index contributed by atoms with van der Waals surface area (Å²) in [4.78, 5) is 14.8. The predicted molar refractivity (Wildman–Crippen MR) is 57.6 cm³/mol. The number of halogens is 4. The van der Waals surface area contributed by atoms with E-state index in [0.717, 1.165) is 6.07 Å². The van der Waals surface area contributed by atoms with Gasteiger partial charge in [0, 0.05) is 11.1 Å². The van der Waals surface area contributed by atoms with Crippen LogP contribution < -0.4 is 0 Å². The van der Waals surface area contributed by atoms with Crippen molar-refractivity contribution in [1.29, 1.82) is 0 Å². The molecule has 3 nitrogen and oxygen atoms in total. The fourth-order valence-electron chi connectivity index (χ4n) is 1.11. The first-order valence-electron chi connectivity index (χ1n) is 4.15. The Balaban J connectivity index is 3.19. The highest BCUT2D eigenvalue weighted by Crippen LogP contribution is 2.30. The average molecular weight is 315 g/mol. The van der Waals surface area contributed by atoms with E-state index in [0.29, 0.717) is 0 Å². The molecule has 0 saturated carbocycles. The lowest BCUT2D eigenvalue weighted by molar-refractivity contribution is -0.139. The number of nitrogens with zero attached hydrogens (tertiary/aromatic N) is 1. The lowest BCUT2D eigenvalue weighted by atomic mass is 10.1. The van der Waals surface area contributed by atoms with Gasteiger partial charge in [-0.3, -0.25) is 4.79 Å². The maximum absolute atomic E-state index is 12.7. The molecule has 7 heteroatoms. The molecule has 0 atom stereocenters. The summed E-state index contributed by atoms with van der Waals surface area (Å²) in [6.45, 7) is 0. The van der Waals surface area contributed by atoms with Crippen molar-refractivity contribution in [3.05, 3.63) is 26.9 Å². The van der Waals surface area contributed by atoms with Crippen LogP contribution >= 0.6 is 27.5 Å². The van der Waals surface area contributed by atoms with Gasteiger partial charge in [-0.25, -0.2) is 13.8 Å². The van der Waals surface area contributed by atoms with Crippen molar-refractivity contribution in [2.24, 2.45) is 0 Å². The molecule has 0 fully saturated rings. The number of aromatic nitrogens is 1. The zero-order valence-electron chi connectivity index (χ0n) is 8.14. The van der Waals surface area contributed by atoms with E-state index in [1.807, 2.05) is 0 Å². The van der Waals surface area contributed by atoms with Crippen LogP contribution in [0.15, 0.2) is 10.7 Å². The third-order valence-corrected chi connectivity index (χ3v) is 2.58. The number of hydrogen-bond donors (Lipinski definition) is 0. The fourth-order valence-corrected chi connectivity index (χ4v) is 1.91. The molecule has 0 saturated heterocycles. The van der Waals surface area contributed by atoms with Crippen molar-refractivity contribution < 1.29 is 18.3 Å². The first kappa shape index (κ1) is 13.3. The van der Waals surface area contributed by atoms with E-state index in [-0.39, 0.29) is 27.3 Å². The van der Waals surface area contributed by atoms with Crippen LogP contribution in [-0.4, -0.2) is 18.1 Å². The first-order valence-corrected chi connectivity index (χ1v) is 5.32. The summed E-state index contributed by atoms with van der Waals surface area (Å²) < 4.78 is 30.0. The van der Waals surface area contributed by atoms with Crippen molar-refractivity contribution >= 4 is 33.5 Å². The summed E-state index contributed by atoms with van der Waals surface area (Å²) in [6.07, 6.45) is -3.05. The molecule has 0 bridgehead atoms. The quantitative estimate of drug-likeness (QED) is 0.635. The molecule has 0 N–H and O–H groups in total. The topological polar surface area (TPSA) is 39.2 Å². The molecule has 0 aliphatic rings. The normalized spacial score (nSPS) is 10.6. The molecule has 0 spiro atoms. The Morgan fingerprint density at radius 3 is 2.81 bits per heavy atom. The number of pyridine rings is 1. The number of hydrogen-bond acceptors (Lipinski definition) is 3. The Hall–Kier alpha value is -0.750. The lowest BCUT2D eigenvalue weighted by Gasteiger charge is -2.09. The van der Waals surface area contributed by atoms with Crippen LogP contribution in [0.1, 0.15) is 17.6 Å². The standard InChI is InChI=1S/C9H7BrClF2NO2/c1-16-7(15)3-4-5(9(12)13)2-6(10)14-8(4)11/h2,9H,3H2,1H3. The second-order valence-electron chi connectivity index (χ2n) is 2.86. The van der Waals surface area contributed by atoms with Crippen molar-refractivity contribution in [3.8, 4) is 0 Å². The molecule has 0 unspecified atom stereocenters. The molecule has 0 aliphatic carbocycles. The van der Waals surface area contributed by atoms with Gasteiger partial charge < -0.3 is 4.74 Å². The van der Waals surface area contributed by atoms with Crippen LogP contribution in [0.3, 0.4) is 0 Å². The molecular weight excluding hydrogens is 307 g/mol. The summed E-state index contributed by atoms with van der Waals surface area (Å²) >= 11 is 8.65. The zero-order chi connectivity index (χ0) is 12.3. The van der Waals surface area contributed by atoms with E-state index in [2.05, 4.69) is 25.7 Å². The second kappa shape index (κ2) is 5.54. The smallest absolute Gasteiger partial charge is 0.310 e. The monoisotopic (exact) mass is 313 g/mol. The number of methoxy groups -OCH3 is 1. The van der Waals surface area contributed by atoms with Gasteiger partial charge in [-0.15, -0.1) is 0 Å². The van der Waals surface area contributed by atoms with Gasteiger partial charge in [-0.2, -0.15) is 0 Å². The summed E-state index contributed by atoms with van der Waals surface area (Å²) in [7, 11) is 1.17. The summed E-state index contributed by atoms with van der Waals surface area (Å²) in [5, 5.41) is -0.130. The summed E-state index contributed by atoms with van der Waals surface area (Å²) in [5.74, 6) is -0.645. The van der Waals surface area contributed by atoms with E-state index in [9.17, 15) is 13.6 Å². The summed E-state index contributed by atoms with van der Waals surface area (Å²) in [6, 6.07) is 1.13. The van der Waals surface area contributed by atoms with Gasteiger partial charge in [0.15, 0.2) is 0 Å². The van der Waals surface area contributed by atoms with Crippen molar-refractivity contribution in [2.75, 3.05) is 7.11 Å². The molecule has 1 aromatic heterocycles. The highest BCUT2D eigenvalue weighted by Gasteiger charge is 2.20. The van der Waals surface area contributed by atoms with E-state index in [1.54, 1.807) is 0 Å². The van der Waals surface area contributed by atoms with Crippen molar-refractivity contribution in [2.45, 2.75) is 12.8 Å². The van der Waals surface area contributed by atoms with Crippen LogP contribution in [0.25, 0.3) is 0 Å². The number of esters is 1. The molecule has 0 aromatic carbocycles. The average Bonchev–Trinajstić information content (AvgIpc) is 2.20. The van der Waals surface area contributed by atoms with Gasteiger partial charge in [0.25, 0.3) is 6.43 Å². The molecule has 0 radical (unpaired) electrons. The van der Waals surface area contributed by atoms with Gasteiger partial charge in [-0.1, -0.05) is 11.6 Å². The first-order chi connectivity index (χ1) is 7.45. The van der Waals surface area contributed by atoms with E-state index in [1.165, 1.54) is 7.11 Å². The molecule has 0 aliphatic heterocycles. The van der Waals surface area contributed by atoms with E-state index < -0.39 is 12.4 Å². The molecule has 0 amide bonds. The van der Waals surface area contributed by atoms with Crippen LogP contribution in [0.2, 0.25) is 5.15 Å². The van der Waals surface area contributed by atoms with Gasteiger partial charge in [0.05, 0.1) is 13.5 Å². The number of carbonyl (C=O) groups excluding carboxylic acids is 1. The van der Waals surface area contributed by atoms with Crippen molar-refractivity contribution in [3.63, 3.8) is 0 Å². The number of alkyl halides is 2. The summed E-state index contributed by atoms with van der Waals surface area (Å²) in [5.41, 5.74) is -0.330. The zero-order valence-corrected chi connectivity index (χ0v) is 10.5. The molecule has 1 rings (SSSR count). The van der Waals surface area contributed by atoms with Crippen LogP contribution in [0.5, 0.6) is 0 Å². The molecule has 1 aromatic rings. The largest absolute Gasteiger partial charge is 0.469 e. The second-order valence-corrected chi connectivity index (χ2v) is 4.03. The Kier molecular flexibility index (Phi) is 4.61. The Bertz CT molecular complexity index is 415. The Labute approximate surface area is 104 Å². The SMILES string of the molecule is COC(=O)Cc1c(C(F)F)cc(Br)nc1Cl. The van der Waals surface area contributed by atoms with Crippen LogP contribution in [0.4, 0.5) is 8.78 Å². The fraction of sp³-hybridized carbons (Fsp3) is 0.333. The minimum absolute atomic E-state index is 0.00767. The number of carbonyl (C=O) groups is 1. The third-order valence-electron chi connectivity index (χ3n) is 1.86. The van der Waals surface area contributed by atoms with Crippen LogP contribution in [-0.2, 0) is 16.0 Å². The minimum atomic E-state index is -2.73. The third kappa shape index (κ3) is 3.12. The Morgan fingerprint density at radius 1 is 1.69 bits per heavy atom. The van der Waals surface area contributed by atoms with Crippen molar-refractivity contribution in [1.82, 2.24) is 4.98 Å². The molecular formula is C9H7BrClF2NO2. The van der Waals surface area contributed by atoms with Gasteiger partial charge in [-0.05, 0) is 22.0 Å². The minimum Gasteiger partial charge on any atom is -0.469 e.